The van der Waals surface area contributed by atoms with Gasteiger partial charge in [-0.2, -0.15) is 0 Å². The van der Waals surface area contributed by atoms with Gasteiger partial charge in [0.05, 0.1) is 6.26 Å². The number of carbonyl (C=O) groups excluding carboxylic acids is 1. The summed E-state index contributed by atoms with van der Waals surface area (Å²) in [7, 11) is -3.23. The van der Waals surface area contributed by atoms with Crippen LogP contribution in [0.5, 0.6) is 0 Å². The van der Waals surface area contributed by atoms with E-state index in [2.05, 4.69) is 43.4 Å². The predicted octanol–water partition coefficient (Wildman–Crippen LogP) is 2.54. The van der Waals surface area contributed by atoms with E-state index in [1.54, 1.807) is 0 Å². The van der Waals surface area contributed by atoms with Gasteiger partial charge in [-0.25, -0.2) is 17.9 Å². The van der Waals surface area contributed by atoms with Gasteiger partial charge in [0, 0.05) is 23.1 Å². The summed E-state index contributed by atoms with van der Waals surface area (Å²) in [5.41, 5.74) is 0.963. The van der Waals surface area contributed by atoms with E-state index >= 15 is 0 Å². The van der Waals surface area contributed by atoms with Crippen molar-refractivity contribution >= 4 is 32.0 Å². The normalized spacial score (nSPS) is 17.0. The molecule has 0 unspecified atom stereocenters. The Bertz CT molecular complexity index is 671. The van der Waals surface area contributed by atoms with Gasteiger partial charge in [0.25, 0.3) is 0 Å². The van der Waals surface area contributed by atoms with Gasteiger partial charge in [-0.1, -0.05) is 47.3 Å². The minimum atomic E-state index is -3.23. The average molecular weight is 432 g/mol. The van der Waals surface area contributed by atoms with Crippen molar-refractivity contribution < 1.29 is 13.2 Å². The number of sulfonamides is 1. The van der Waals surface area contributed by atoms with Crippen molar-refractivity contribution in [2.45, 2.75) is 44.1 Å². The second-order valence-corrected chi connectivity index (χ2v) is 9.44. The van der Waals surface area contributed by atoms with Crippen LogP contribution < -0.4 is 15.4 Å². The summed E-state index contributed by atoms with van der Waals surface area (Å²) in [6.45, 7) is 0.444. The van der Waals surface area contributed by atoms with Gasteiger partial charge in [-0.15, -0.1) is 0 Å². The summed E-state index contributed by atoms with van der Waals surface area (Å²) in [5.74, 6) is 0. The van der Waals surface area contributed by atoms with E-state index in [0.29, 0.717) is 0 Å². The van der Waals surface area contributed by atoms with Gasteiger partial charge in [0.1, 0.15) is 0 Å². The van der Waals surface area contributed by atoms with Crippen LogP contribution in [0.1, 0.15) is 37.7 Å². The van der Waals surface area contributed by atoms with E-state index in [9.17, 15) is 13.2 Å². The van der Waals surface area contributed by atoms with Gasteiger partial charge >= 0.3 is 6.03 Å². The molecule has 1 aliphatic rings. The highest BCUT2D eigenvalue weighted by atomic mass is 79.9. The second-order valence-electron chi connectivity index (χ2n) is 6.69. The number of hydrogen-bond acceptors (Lipinski definition) is 3. The van der Waals surface area contributed by atoms with Crippen LogP contribution in [0.4, 0.5) is 4.79 Å². The van der Waals surface area contributed by atoms with Crippen LogP contribution in [-0.2, 0) is 16.4 Å². The van der Waals surface area contributed by atoms with E-state index in [1.807, 2.05) is 12.1 Å². The molecular weight excluding hydrogens is 406 g/mol. The van der Waals surface area contributed by atoms with Crippen LogP contribution in [0.3, 0.4) is 0 Å². The molecular formula is C17H26BrN3O3S. The molecule has 25 heavy (non-hydrogen) atoms. The molecule has 1 fully saturated rings. The first kappa shape index (κ1) is 20.2. The third kappa shape index (κ3) is 7.33. The van der Waals surface area contributed by atoms with Gasteiger partial charge in [0.2, 0.25) is 10.0 Å². The zero-order valence-electron chi connectivity index (χ0n) is 14.5. The number of benzene rings is 1. The molecule has 8 heteroatoms. The maximum absolute atomic E-state index is 12.3. The Hall–Kier alpha value is -1.12. The summed E-state index contributed by atoms with van der Waals surface area (Å²) in [6, 6.07) is 7.95. The Balaban J connectivity index is 1.92. The highest BCUT2D eigenvalue weighted by molar-refractivity contribution is 9.10. The Labute approximate surface area is 158 Å². The molecule has 3 N–H and O–H groups in total. The first-order valence-electron chi connectivity index (χ1n) is 8.53. The van der Waals surface area contributed by atoms with E-state index in [-0.39, 0.29) is 24.7 Å². The van der Waals surface area contributed by atoms with Gasteiger partial charge in [0.15, 0.2) is 0 Å². The summed E-state index contributed by atoms with van der Waals surface area (Å²) in [4.78, 5) is 12.3. The molecule has 1 saturated carbocycles. The number of amides is 2. The molecule has 1 aromatic carbocycles. The van der Waals surface area contributed by atoms with Crippen molar-refractivity contribution in [2.75, 3.05) is 19.3 Å². The monoisotopic (exact) mass is 431 g/mol. The SMILES string of the molecule is CS(=O)(=O)NCCNC(=O)NC1(Cc2ccc(Br)cc2)CCCCC1. The van der Waals surface area contributed by atoms with Crippen molar-refractivity contribution in [1.29, 1.82) is 0 Å². The molecule has 0 saturated heterocycles. The molecule has 0 aliphatic heterocycles. The fourth-order valence-electron chi connectivity index (χ4n) is 3.27. The highest BCUT2D eigenvalue weighted by Gasteiger charge is 2.33. The van der Waals surface area contributed by atoms with E-state index in [0.717, 1.165) is 42.8 Å². The van der Waals surface area contributed by atoms with Crippen LogP contribution in [0, 0.1) is 0 Å². The third-order valence-corrected chi connectivity index (χ3v) is 5.68. The number of carbonyl (C=O) groups is 1. The Kier molecular flexibility index (Phi) is 7.27. The molecule has 1 aliphatic carbocycles. The number of rotatable bonds is 7. The van der Waals surface area contributed by atoms with Gasteiger partial charge in [-0.05, 0) is 37.0 Å². The van der Waals surface area contributed by atoms with Crippen molar-refractivity contribution in [2.24, 2.45) is 0 Å². The van der Waals surface area contributed by atoms with Crippen molar-refractivity contribution in [3.05, 3.63) is 34.3 Å². The van der Waals surface area contributed by atoms with Gasteiger partial charge < -0.3 is 10.6 Å². The predicted molar refractivity (Wildman–Crippen MR) is 103 cm³/mol. The lowest BCUT2D eigenvalue weighted by Crippen LogP contribution is -2.55. The fraction of sp³-hybridized carbons (Fsp3) is 0.588. The quantitative estimate of drug-likeness (QED) is 0.579. The topological polar surface area (TPSA) is 87.3 Å². The minimum absolute atomic E-state index is 0.186. The second kappa shape index (κ2) is 9.00. The largest absolute Gasteiger partial charge is 0.337 e. The first-order chi connectivity index (χ1) is 11.8. The smallest absolute Gasteiger partial charge is 0.315 e. The number of hydrogen-bond donors (Lipinski definition) is 3. The van der Waals surface area contributed by atoms with Crippen LogP contribution in [0.15, 0.2) is 28.7 Å². The molecule has 6 nitrogen and oxygen atoms in total. The lowest BCUT2D eigenvalue weighted by atomic mass is 9.77. The molecule has 0 aromatic heterocycles. The lowest BCUT2D eigenvalue weighted by molar-refractivity contribution is 0.201. The molecule has 1 aromatic rings. The van der Waals surface area contributed by atoms with Crippen LogP contribution in [0.2, 0.25) is 0 Å². The van der Waals surface area contributed by atoms with Crippen LogP contribution in [0.25, 0.3) is 0 Å². The third-order valence-electron chi connectivity index (χ3n) is 4.42. The molecule has 0 radical (unpaired) electrons. The number of nitrogens with one attached hydrogen (secondary N) is 3. The molecule has 0 atom stereocenters. The van der Waals surface area contributed by atoms with Crippen molar-refractivity contribution in [3.8, 4) is 0 Å². The number of urea groups is 1. The standard InChI is InChI=1S/C17H26BrN3O3S/c1-25(23,24)20-12-11-19-16(22)21-17(9-3-2-4-10-17)13-14-5-7-15(18)8-6-14/h5-8,20H,2-4,9-13H2,1H3,(H2,19,21,22). The Morgan fingerprint density at radius 3 is 2.36 bits per heavy atom. The van der Waals surface area contributed by atoms with Crippen LogP contribution >= 0.6 is 15.9 Å². The summed E-state index contributed by atoms with van der Waals surface area (Å²) in [6.07, 6.45) is 7.22. The molecule has 0 spiro atoms. The first-order valence-corrected chi connectivity index (χ1v) is 11.2. The van der Waals surface area contributed by atoms with E-state index < -0.39 is 10.0 Å². The zero-order chi connectivity index (χ0) is 18.3. The van der Waals surface area contributed by atoms with E-state index in [4.69, 9.17) is 0 Å². The van der Waals surface area contributed by atoms with Crippen LogP contribution in [-0.4, -0.2) is 39.3 Å². The fourth-order valence-corrected chi connectivity index (χ4v) is 4.00. The molecule has 2 amide bonds. The maximum atomic E-state index is 12.3. The summed E-state index contributed by atoms with van der Waals surface area (Å²) in [5, 5.41) is 5.89. The Morgan fingerprint density at radius 1 is 1.12 bits per heavy atom. The van der Waals surface area contributed by atoms with Crippen molar-refractivity contribution in [3.63, 3.8) is 0 Å². The number of halogens is 1. The molecule has 0 bridgehead atoms. The zero-order valence-corrected chi connectivity index (χ0v) is 16.9. The van der Waals surface area contributed by atoms with Crippen molar-refractivity contribution in [1.82, 2.24) is 15.4 Å². The highest BCUT2D eigenvalue weighted by Crippen LogP contribution is 2.31. The van der Waals surface area contributed by atoms with E-state index in [1.165, 1.54) is 12.0 Å². The minimum Gasteiger partial charge on any atom is -0.337 e. The summed E-state index contributed by atoms with van der Waals surface area (Å²) >= 11 is 3.45. The lowest BCUT2D eigenvalue weighted by Gasteiger charge is -2.38. The summed E-state index contributed by atoms with van der Waals surface area (Å²) < 4.78 is 25.5. The van der Waals surface area contributed by atoms with Gasteiger partial charge in [-0.3, -0.25) is 0 Å². The molecule has 140 valence electrons. The molecule has 2 rings (SSSR count). The molecule has 0 heterocycles. The maximum Gasteiger partial charge on any atom is 0.315 e. The Morgan fingerprint density at radius 2 is 1.76 bits per heavy atom. The average Bonchev–Trinajstić information content (AvgIpc) is 2.54.